The largest absolute Gasteiger partial charge is 0.493 e. The second kappa shape index (κ2) is 10.8. The molecule has 0 saturated carbocycles. The van der Waals surface area contributed by atoms with Crippen LogP contribution in [0, 0.1) is 10.1 Å². The molecule has 3 rings (SSSR count). The molecule has 0 aromatic heterocycles. The molecule has 35 heavy (non-hydrogen) atoms. The molecule has 184 valence electrons. The molecule has 1 N–H and O–H groups in total. The third-order valence-corrected chi connectivity index (χ3v) is 6.37. The van der Waals surface area contributed by atoms with E-state index in [-0.39, 0.29) is 16.3 Å². The van der Waals surface area contributed by atoms with Gasteiger partial charge in [0.05, 0.1) is 43.9 Å². The topological polar surface area (TPSA) is 126 Å². The Morgan fingerprint density at radius 1 is 0.829 bits per heavy atom. The van der Waals surface area contributed by atoms with Crippen LogP contribution in [0.2, 0.25) is 0 Å². The predicted octanol–water partition coefficient (Wildman–Crippen LogP) is 4.60. The zero-order valence-corrected chi connectivity index (χ0v) is 20.3. The first kappa shape index (κ1) is 25.4. The van der Waals surface area contributed by atoms with E-state index in [9.17, 15) is 18.5 Å². The summed E-state index contributed by atoms with van der Waals surface area (Å²) in [7, 11) is 1.67. The van der Waals surface area contributed by atoms with Crippen LogP contribution < -0.4 is 23.7 Å². The van der Waals surface area contributed by atoms with Crippen molar-refractivity contribution >= 4 is 33.6 Å². The van der Waals surface area contributed by atoms with Gasteiger partial charge in [-0.05, 0) is 41.5 Å². The van der Waals surface area contributed by atoms with Gasteiger partial charge in [-0.2, -0.15) is 0 Å². The molecule has 0 unspecified atom stereocenters. The highest BCUT2D eigenvalue weighted by Gasteiger charge is 2.22. The van der Waals surface area contributed by atoms with Crippen LogP contribution in [-0.2, 0) is 10.0 Å². The van der Waals surface area contributed by atoms with Crippen molar-refractivity contribution in [1.29, 1.82) is 0 Å². The highest BCUT2D eigenvalue weighted by atomic mass is 32.2. The fourth-order valence-electron chi connectivity index (χ4n) is 3.30. The zero-order chi connectivity index (χ0) is 25.6. The first-order valence-corrected chi connectivity index (χ1v) is 11.6. The van der Waals surface area contributed by atoms with Gasteiger partial charge >= 0.3 is 5.69 Å². The summed E-state index contributed by atoms with van der Waals surface area (Å²) in [6, 6.07) is 13.7. The van der Waals surface area contributed by atoms with Crippen molar-refractivity contribution in [1.82, 2.24) is 0 Å². The Hall–Kier alpha value is -4.25. The number of methoxy groups -OCH3 is 4. The normalized spacial score (nSPS) is 11.2. The number of hydrogen-bond acceptors (Lipinski definition) is 8. The molecular weight excluding hydrogens is 476 g/mol. The number of nitro benzene ring substituents is 1. The first-order chi connectivity index (χ1) is 16.7. The average molecular weight is 501 g/mol. The third-order valence-electron chi connectivity index (χ3n) is 5.00. The van der Waals surface area contributed by atoms with Gasteiger partial charge in [0.2, 0.25) is 5.75 Å². The highest BCUT2D eigenvalue weighted by molar-refractivity contribution is 7.92. The van der Waals surface area contributed by atoms with E-state index in [0.29, 0.717) is 22.8 Å². The summed E-state index contributed by atoms with van der Waals surface area (Å²) >= 11 is 0. The van der Waals surface area contributed by atoms with E-state index in [1.54, 1.807) is 48.6 Å². The Morgan fingerprint density at radius 2 is 1.46 bits per heavy atom. The Bertz CT molecular complexity index is 1340. The third kappa shape index (κ3) is 5.64. The molecule has 10 nitrogen and oxygen atoms in total. The van der Waals surface area contributed by atoms with Gasteiger partial charge in [-0.15, -0.1) is 0 Å². The lowest BCUT2D eigenvalue weighted by atomic mass is 10.1. The summed E-state index contributed by atoms with van der Waals surface area (Å²) in [6.45, 7) is 0. The molecule has 0 saturated heterocycles. The minimum atomic E-state index is -4.13. The number of nitrogens with zero attached hydrogens (tertiary/aromatic N) is 1. The number of nitrogens with one attached hydrogen (secondary N) is 1. The second-order valence-electron chi connectivity index (χ2n) is 7.08. The molecule has 0 aliphatic carbocycles. The SMILES string of the molecule is COc1ccc(S(=O)(=O)Nc2ccccc2/C=C\c2cc(OC)c(OC)c(OC)c2)cc1[N+](=O)[O-]. The van der Waals surface area contributed by atoms with Crippen molar-refractivity contribution in [2.75, 3.05) is 33.2 Å². The van der Waals surface area contributed by atoms with Crippen molar-refractivity contribution in [2.24, 2.45) is 0 Å². The molecule has 0 heterocycles. The maximum absolute atomic E-state index is 13.0. The molecule has 0 spiro atoms. The molecule has 0 fully saturated rings. The standard InChI is InChI=1S/C24H24N2O8S/c1-31-21-12-11-18(15-20(21)26(27)28)35(29,30)25-19-8-6-5-7-17(19)10-9-16-13-22(32-2)24(34-4)23(14-16)33-3/h5-15,25H,1-4H3/b10-9-. The number of rotatable bonds is 10. The monoisotopic (exact) mass is 500 g/mol. The zero-order valence-electron chi connectivity index (χ0n) is 19.5. The average Bonchev–Trinajstić information content (AvgIpc) is 2.86. The molecule has 0 aliphatic rings. The van der Waals surface area contributed by atoms with Gasteiger partial charge in [0.15, 0.2) is 17.2 Å². The molecule has 0 amide bonds. The van der Waals surface area contributed by atoms with Crippen LogP contribution in [-0.4, -0.2) is 41.8 Å². The number of anilines is 1. The summed E-state index contributed by atoms with van der Waals surface area (Å²) in [5.74, 6) is 1.36. The molecule has 0 atom stereocenters. The van der Waals surface area contributed by atoms with Crippen LogP contribution in [0.15, 0.2) is 59.5 Å². The van der Waals surface area contributed by atoms with E-state index in [1.807, 2.05) is 0 Å². The number of para-hydroxylation sites is 1. The first-order valence-electron chi connectivity index (χ1n) is 10.2. The van der Waals surface area contributed by atoms with Gasteiger partial charge in [-0.25, -0.2) is 8.42 Å². The minimum Gasteiger partial charge on any atom is -0.493 e. The van der Waals surface area contributed by atoms with Gasteiger partial charge < -0.3 is 18.9 Å². The van der Waals surface area contributed by atoms with Gasteiger partial charge in [-0.3, -0.25) is 14.8 Å². The van der Waals surface area contributed by atoms with Crippen LogP contribution in [0.1, 0.15) is 11.1 Å². The summed E-state index contributed by atoms with van der Waals surface area (Å²) in [5.41, 5.74) is 1.12. The van der Waals surface area contributed by atoms with Crippen molar-refractivity contribution in [3.8, 4) is 23.0 Å². The van der Waals surface area contributed by atoms with E-state index in [1.165, 1.54) is 40.6 Å². The minimum absolute atomic E-state index is 0.0392. The number of sulfonamides is 1. The number of nitro groups is 1. The molecule has 3 aromatic carbocycles. The van der Waals surface area contributed by atoms with Crippen LogP contribution >= 0.6 is 0 Å². The summed E-state index contributed by atoms with van der Waals surface area (Å²) in [4.78, 5) is 10.3. The fraction of sp³-hybridized carbons (Fsp3) is 0.167. The lowest BCUT2D eigenvalue weighted by Gasteiger charge is -2.13. The van der Waals surface area contributed by atoms with Crippen LogP contribution in [0.3, 0.4) is 0 Å². The van der Waals surface area contributed by atoms with Gasteiger partial charge in [0, 0.05) is 6.07 Å². The highest BCUT2D eigenvalue weighted by Crippen LogP contribution is 2.39. The molecule has 11 heteroatoms. The summed E-state index contributed by atoms with van der Waals surface area (Å²) < 4.78 is 49.5. The summed E-state index contributed by atoms with van der Waals surface area (Å²) in [6.07, 6.45) is 3.48. The van der Waals surface area contributed by atoms with E-state index in [4.69, 9.17) is 18.9 Å². The lowest BCUT2D eigenvalue weighted by Crippen LogP contribution is -2.14. The van der Waals surface area contributed by atoms with Crippen molar-refractivity contribution in [3.05, 3.63) is 75.8 Å². The van der Waals surface area contributed by atoms with E-state index >= 15 is 0 Å². The Balaban J connectivity index is 1.95. The van der Waals surface area contributed by atoms with Crippen molar-refractivity contribution in [3.63, 3.8) is 0 Å². The molecular formula is C24H24N2O8S. The quantitative estimate of drug-likeness (QED) is 0.243. The maximum atomic E-state index is 13.0. The lowest BCUT2D eigenvalue weighted by molar-refractivity contribution is -0.386. The van der Waals surface area contributed by atoms with Crippen LogP contribution in [0.4, 0.5) is 11.4 Å². The van der Waals surface area contributed by atoms with E-state index < -0.39 is 20.6 Å². The predicted molar refractivity (Wildman–Crippen MR) is 132 cm³/mol. The maximum Gasteiger partial charge on any atom is 0.312 e. The molecule has 0 aliphatic heterocycles. The van der Waals surface area contributed by atoms with Crippen LogP contribution in [0.5, 0.6) is 23.0 Å². The molecule has 3 aromatic rings. The number of ether oxygens (including phenoxy) is 4. The van der Waals surface area contributed by atoms with Crippen molar-refractivity contribution in [2.45, 2.75) is 4.90 Å². The fourth-order valence-corrected chi connectivity index (χ4v) is 4.41. The molecule has 0 bridgehead atoms. The van der Waals surface area contributed by atoms with Crippen molar-refractivity contribution < 1.29 is 32.3 Å². The Labute approximate surface area is 202 Å². The van der Waals surface area contributed by atoms with E-state index in [2.05, 4.69) is 4.72 Å². The Kier molecular flexibility index (Phi) is 7.82. The van der Waals surface area contributed by atoms with Crippen LogP contribution in [0.25, 0.3) is 12.2 Å². The Morgan fingerprint density at radius 3 is 2.03 bits per heavy atom. The van der Waals surface area contributed by atoms with Gasteiger partial charge in [0.25, 0.3) is 10.0 Å². The van der Waals surface area contributed by atoms with E-state index in [0.717, 1.165) is 11.6 Å². The van der Waals surface area contributed by atoms with Gasteiger partial charge in [-0.1, -0.05) is 30.4 Å². The summed E-state index contributed by atoms with van der Waals surface area (Å²) in [5, 5.41) is 11.3. The number of benzene rings is 3. The number of hydrogen-bond donors (Lipinski definition) is 1. The smallest absolute Gasteiger partial charge is 0.312 e. The second-order valence-corrected chi connectivity index (χ2v) is 8.76. The molecule has 0 radical (unpaired) electrons. The van der Waals surface area contributed by atoms with Gasteiger partial charge in [0.1, 0.15) is 0 Å².